The molecule has 3 rings (SSSR count). The zero-order chi connectivity index (χ0) is 27.5. The smallest absolute Gasteiger partial charge is 0.127 e. The van der Waals surface area contributed by atoms with Gasteiger partial charge in [-0.15, -0.1) is 0 Å². The van der Waals surface area contributed by atoms with E-state index >= 15 is 0 Å². The number of rotatable bonds is 20. The fourth-order valence-corrected chi connectivity index (χ4v) is 5.15. The van der Waals surface area contributed by atoms with Crippen LogP contribution in [0.2, 0.25) is 0 Å². The first-order valence-corrected chi connectivity index (χ1v) is 16.0. The summed E-state index contributed by atoms with van der Waals surface area (Å²) in [6.07, 6.45) is 16.7. The molecule has 0 N–H and O–H groups in total. The van der Waals surface area contributed by atoms with Crippen molar-refractivity contribution in [2.75, 3.05) is 19.0 Å². The molecule has 3 aromatic carbocycles. The minimum absolute atomic E-state index is 0.783. The molecule has 0 amide bonds. The third kappa shape index (κ3) is 11.7. The average Bonchev–Trinajstić information content (AvgIpc) is 2.96. The van der Waals surface area contributed by atoms with Gasteiger partial charge in [0, 0.05) is 5.56 Å². The summed E-state index contributed by atoms with van der Waals surface area (Å²) in [6.45, 7) is 5.92. The molecule has 0 aliphatic rings. The molecule has 0 spiro atoms. The van der Waals surface area contributed by atoms with Gasteiger partial charge in [0.1, 0.15) is 11.5 Å². The fourth-order valence-electron chi connectivity index (χ4n) is 4.93. The van der Waals surface area contributed by atoms with Gasteiger partial charge in [0.25, 0.3) is 0 Å². The van der Waals surface area contributed by atoms with Crippen molar-refractivity contribution in [3.05, 3.63) is 72.3 Å². The van der Waals surface area contributed by atoms with E-state index in [4.69, 9.17) is 9.47 Å². The lowest BCUT2D eigenvalue weighted by molar-refractivity contribution is 0.305. The second-order valence-electron chi connectivity index (χ2n) is 10.8. The number of thiol groups is 1. The number of unbranched alkanes of at least 4 members (excludes halogenated alkanes) is 11. The molecule has 0 aliphatic heterocycles. The van der Waals surface area contributed by atoms with E-state index in [0.29, 0.717) is 0 Å². The summed E-state index contributed by atoms with van der Waals surface area (Å²) in [4.78, 5) is 0. The number of ether oxygens (including phenoxy) is 2. The first-order valence-electron chi connectivity index (χ1n) is 15.4. The Kier molecular flexibility index (Phi) is 15.0. The lowest BCUT2D eigenvalue weighted by atomic mass is 9.99. The number of hydrogen-bond donors (Lipinski definition) is 1. The molecular weight excluding hydrogens is 496 g/mol. The van der Waals surface area contributed by atoms with Crippen molar-refractivity contribution < 1.29 is 9.47 Å². The van der Waals surface area contributed by atoms with Crippen LogP contribution in [0.25, 0.3) is 22.3 Å². The summed E-state index contributed by atoms with van der Waals surface area (Å²) < 4.78 is 12.2. The summed E-state index contributed by atoms with van der Waals surface area (Å²) in [5.74, 6) is 2.97. The highest BCUT2D eigenvalue weighted by Gasteiger charge is 2.08. The Labute approximate surface area is 243 Å². The van der Waals surface area contributed by atoms with Gasteiger partial charge in [-0.3, -0.25) is 0 Å². The van der Waals surface area contributed by atoms with E-state index in [9.17, 15) is 0 Å². The number of aryl methyl sites for hydroxylation is 1. The van der Waals surface area contributed by atoms with Gasteiger partial charge in [-0.2, -0.15) is 12.6 Å². The molecule has 0 fully saturated rings. The van der Waals surface area contributed by atoms with E-state index in [1.165, 1.54) is 98.4 Å². The molecule has 0 atom stereocenters. The second kappa shape index (κ2) is 18.8. The van der Waals surface area contributed by atoms with Gasteiger partial charge in [0.15, 0.2) is 0 Å². The highest BCUT2D eigenvalue weighted by Crippen LogP contribution is 2.33. The average molecular weight is 547 g/mol. The first-order chi connectivity index (χ1) is 19.2. The maximum absolute atomic E-state index is 6.31. The van der Waals surface area contributed by atoms with Crippen LogP contribution in [-0.4, -0.2) is 19.0 Å². The monoisotopic (exact) mass is 546 g/mol. The third-order valence-corrected chi connectivity index (χ3v) is 7.66. The van der Waals surface area contributed by atoms with Crippen molar-refractivity contribution in [1.82, 2.24) is 0 Å². The Morgan fingerprint density at radius 1 is 0.538 bits per heavy atom. The Morgan fingerprint density at radius 3 is 1.67 bits per heavy atom. The predicted molar refractivity (Wildman–Crippen MR) is 173 cm³/mol. The molecule has 39 heavy (non-hydrogen) atoms. The Balaban J connectivity index is 1.45. The lowest BCUT2D eigenvalue weighted by Gasteiger charge is -2.13. The Bertz CT molecular complexity index is 1040. The largest absolute Gasteiger partial charge is 0.494 e. The maximum Gasteiger partial charge on any atom is 0.127 e. The summed E-state index contributed by atoms with van der Waals surface area (Å²) in [5.41, 5.74) is 6.01. The minimum Gasteiger partial charge on any atom is -0.494 e. The van der Waals surface area contributed by atoms with Crippen LogP contribution in [0, 0.1) is 6.92 Å². The van der Waals surface area contributed by atoms with Crippen molar-refractivity contribution in [2.45, 2.75) is 97.3 Å². The summed E-state index contributed by atoms with van der Waals surface area (Å²) in [7, 11) is 0. The van der Waals surface area contributed by atoms with Crippen LogP contribution in [0.4, 0.5) is 0 Å². The van der Waals surface area contributed by atoms with Crippen LogP contribution in [-0.2, 0) is 0 Å². The molecule has 0 unspecified atom stereocenters. The molecule has 3 heteroatoms. The van der Waals surface area contributed by atoms with Crippen molar-refractivity contribution in [1.29, 1.82) is 0 Å². The van der Waals surface area contributed by atoms with Gasteiger partial charge >= 0.3 is 0 Å². The first kappa shape index (κ1) is 31.1. The molecule has 0 saturated carbocycles. The van der Waals surface area contributed by atoms with Crippen LogP contribution >= 0.6 is 12.6 Å². The number of hydrogen-bond acceptors (Lipinski definition) is 3. The van der Waals surface area contributed by atoms with E-state index in [1.54, 1.807) is 0 Å². The van der Waals surface area contributed by atoms with Gasteiger partial charge in [-0.1, -0.05) is 120 Å². The predicted octanol–water partition coefficient (Wildman–Crippen LogP) is 11.1. The van der Waals surface area contributed by atoms with E-state index < -0.39 is 0 Å². The van der Waals surface area contributed by atoms with Gasteiger partial charge in [0.05, 0.1) is 13.2 Å². The molecule has 0 aliphatic carbocycles. The molecule has 0 bridgehead atoms. The van der Waals surface area contributed by atoms with E-state index in [1.807, 2.05) is 0 Å². The zero-order valence-corrected chi connectivity index (χ0v) is 25.3. The normalized spacial score (nSPS) is 11.1. The van der Waals surface area contributed by atoms with E-state index in [0.717, 1.165) is 43.3 Å². The second-order valence-corrected chi connectivity index (χ2v) is 11.2. The SMILES string of the molecule is CCCCCOc1ccc(-c2ccc(-c3ccc(C)cc3OCCCCCCCCCCCCS)cc2)cc1. The Morgan fingerprint density at radius 2 is 1.05 bits per heavy atom. The topological polar surface area (TPSA) is 18.5 Å². The van der Waals surface area contributed by atoms with E-state index in [2.05, 4.69) is 93.2 Å². The van der Waals surface area contributed by atoms with Crippen molar-refractivity contribution >= 4 is 12.6 Å². The molecule has 0 aromatic heterocycles. The van der Waals surface area contributed by atoms with Gasteiger partial charge < -0.3 is 9.47 Å². The Hall–Kier alpha value is -2.39. The van der Waals surface area contributed by atoms with E-state index in [-0.39, 0.29) is 0 Å². The van der Waals surface area contributed by atoms with Crippen molar-refractivity contribution in [2.24, 2.45) is 0 Å². The molecule has 212 valence electrons. The summed E-state index contributed by atoms with van der Waals surface area (Å²) in [5, 5.41) is 0. The minimum atomic E-state index is 0.783. The molecule has 0 saturated heterocycles. The quantitative estimate of drug-likeness (QED) is 0.112. The van der Waals surface area contributed by atoms with Crippen LogP contribution in [0.5, 0.6) is 11.5 Å². The number of benzene rings is 3. The standard InChI is InChI=1S/C36H50O2S/c1-3-4-13-26-37-34-23-21-32(22-24-34)31-17-19-33(20-18-31)35-25-16-30(2)29-36(35)38-27-14-11-9-7-5-6-8-10-12-15-28-39/h16-25,29,39H,3-15,26-28H2,1-2H3. The van der Waals surface area contributed by atoms with Gasteiger partial charge in [-0.25, -0.2) is 0 Å². The van der Waals surface area contributed by atoms with Gasteiger partial charge in [-0.05, 0) is 72.4 Å². The highest BCUT2D eigenvalue weighted by atomic mass is 32.1. The lowest BCUT2D eigenvalue weighted by Crippen LogP contribution is -1.99. The highest BCUT2D eigenvalue weighted by molar-refractivity contribution is 7.80. The van der Waals surface area contributed by atoms with Gasteiger partial charge in [0.2, 0.25) is 0 Å². The molecule has 0 radical (unpaired) electrons. The molecule has 0 heterocycles. The molecular formula is C36H50O2S. The van der Waals surface area contributed by atoms with Crippen LogP contribution in [0.15, 0.2) is 66.7 Å². The van der Waals surface area contributed by atoms with Crippen LogP contribution in [0.3, 0.4) is 0 Å². The fraction of sp³-hybridized carbons (Fsp3) is 0.500. The molecule has 3 aromatic rings. The molecule has 2 nitrogen and oxygen atoms in total. The van der Waals surface area contributed by atoms with Crippen molar-refractivity contribution in [3.8, 4) is 33.8 Å². The maximum atomic E-state index is 6.31. The third-order valence-electron chi connectivity index (χ3n) is 7.35. The summed E-state index contributed by atoms with van der Waals surface area (Å²) >= 11 is 4.29. The zero-order valence-electron chi connectivity index (χ0n) is 24.4. The summed E-state index contributed by atoms with van der Waals surface area (Å²) in [6, 6.07) is 23.8. The van der Waals surface area contributed by atoms with Crippen LogP contribution in [0.1, 0.15) is 96.0 Å². The van der Waals surface area contributed by atoms with Crippen molar-refractivity contribution in [3.63, 3.8) is 0 Å². The van der Waals surface area contributed by atoms with Crippen LogP contribution < -0.4 is 9.47 Å².